The predicted octanol–water partition coefficient (Wildman–Crippen LogP) is 4.63. The van der Waals surface area contributed by atoms with E-state index >= 15 is 0 Å². The van der Waals surface area contributed by atoms with Crippen molar-refractivity contribution in [1.29, 1.82) is 0 Å². The molecule has 0 aromatic heterocycles. The molecule has 4 rings (SSSR count). The van der Waals surface area contributed by atoms with Gasteiger partial charge in [0.1, 0.15) is 11.9 Å². The predicted molar refractivity (Wildman–Crippen MR) is 138 cm³/mol. The highest BCUT2D eigenvalue weighted by Gasteiger charge is 2.68. The minimum absolute atomic E-state index is 0.00455. The number of hydrogen-bond donors (Lipinski definition) is 2. The lowest BCUT2D eigenvalue weighted by Crippen LogP contribution is -2.63. The molecule has 192 valence electrons. The number of piperidine rings is 1. The number of aliphatic hydroxyl groups is 1. The van der Waals surface area contributed by atoms with E-state index in [4.69, 9.17) is 4.74 Å². The summed E-state index contributed by atoms with van der Waals surface area (Å²) in [5, 5.41) is 15.0. The number of thioether (sulfide) groups is 1. The van der Waals surface area contributed by atoms with Gasteiger partial charge in [0.05, 0.1) is 11.9 Å². The summed E-state index contributed by atoms with van der Waals surface area (Å²) >= 11 is 1.66. The van der Waals surface area contributed by atoms with Crippen LogP contribution in [0, 0.1) is 39.9 Å². The van der Waals surface area contributed by atoms with Gasteiger partial charge < -0.3 is 15.2 Å². The van der Waals surface area contributed by atoms with Crippen molar-refractivity contribution in [3.63, 3.8) is 0 Å². The first-order chi connectivity index (χ1) is 16.1. The van der Waals surface area contributed by atoms with Crippen LogP contribution in [0.15, 0.2) is 12.7 Å². The molecule has 0 aromatic carbocycles. The van der Waals surface area contributed by atoms with Crippen LogP contribution in [0.5, 0.6) is 0 Å². The van der Waals surface area contributed by atoms with Crippen LogP contribution in [0.2, 0.25) is 0 Å². The Labute approximate surface area is 210 Å². The highest BCUT2D eigenvalue weighted by atomic mass is 32.2. The van der Waals surface area contributed by atoms with Crippen LogP contribution < -0.4 is 5.32 Å². The van der Waals surface area contributed by atoms with Crippen molar-refractivity contribution in [2.75, 3.05) is 24.6 Å². The van der Waals surface area contributed by atoms with E-state index in [1.165, 1.54) is 12.8 Å². The van der Waals surface area contributed by atoms with Crippen LogP contribution in [-0.4, -0.2) is 53.7 Å². The SMILES string of the molecule is C=C[C@]1(C)C[C@@H](OC(=O)CSCC2CCCNC2)[C@]2(C)C(C)CCC3(CCC(=O)C32)[C@@H](C)C1O. The van der Waals surface area contributed by atoms with Crippen molar-refractivity contribution in [3.05, 3.63) is 12.7 Å². The normalized spacial score (nSPS) is 46.8. The Bertz CT molecular complexity index is 797. The van der Waals surface area contributed by atoms with E-state index in [1.807, 2.05) is 13.0 Å². The summed E-state index contributed by atoms with van der Waals surface area (Å²) in [6.45, 7) is 14.8. The molecule has 9 atom stereocenters. The number of ketones is 1. The van der Waals surface area contributed by atoms with Crippen LogP contribution in [0.25, 0.3) is 0 Å². The molecule has 0 aromatic rings. The number of hydrogen-bond acceptors (Lipinski definition) is 6. The second kappa shape index (κ2) is 9.89. The van der Waals surface area contributed by atoms with Crippen molar-refractivity contribution >= 4 is 23.5 Å². The number of ether oxygens (including phenoxy) is 1. The van der Waals surface area contributed by atoms with Gasteiger partial charge in [-0.05, 0) is 80.5 Å². The monoisotopic (exact) mass is 491 g/mol. The summed E-state index contributed by atoms with van der Waals surface area (Å²) in [7, 11) is 0. The molecular weight excluding hydrogens is 446 g/mol. The third-order valence-electron chi connectivity index (χ3n) is 10.5. The Kier molecular flexibility index (Phi) is 7.63. The van der Waals surface area contributed by atoms with Crippen molar-refractivity contribution < 1.29 is 19.4 Å². The first-order valence-electron chi connectivity index (χ1n) is 13.4. The highest BCUT2D eigenvalue weighted by Crippen LogP contribution is 2.68. The van der Waals surface area contributed by atoms with Gasteiger partial charge >= 0.3 is 5.97 Å². The number of esters is 1. The summed E-state index contributed by atoms with van der Waals surface area (Å²) in [6, 6.07) is 0. The molecule has 6 heteroatoms. The largest absolute Gasteiger partial charge is 0.461 e. The van der Waals surface area contributed by atoms with Gasteiger partial charge in [0, 0.05) is 23.2 Å². The maximum absolute atomic E-state index is 13.4. The quantitative estimate of drug-likeness (QED) is 0.417. The number of aliphatic hydroxyl groups excluding tert-OH is 1. The zero-order chi connectivity index (χ0) is 24.7. The molecule has 4 fully saturated rings. The van der Waals surface area contributed by atoms with Crippen LogP contribution in [0.1, 0.15) is 72.6 Å². The molecule has 0 amide bonds. The Morgan fingerprint density at radius 1 is 1.29 bits per heavy atom. The lowest BCUT2D eigenvalue weighted by molar-refractivity contribution is -0.205. The molecule has 3 aliphatic carbocycles. The summed E-state index contributed by atoms with van der Waals surface area (Å²) in [5.41, 5.74) is -1.23. The standard InChI is InChI=1S/C28H45NO4S/c1-6-26(4)14-22(33-23(31)17-34-16-20-8-7-13-29-15-20)27(5)18(2)9-11-28(19(3)25(26)32)12-10-21(30)24(27)28/h6,18-20,22,24-25,29,32H,1,7-17H2,2-5H3/t18?,19-,20?,22+,24?,25?,26+,27-,28?/m0/s1. The smallest absolute Gasteiger partial charge is 0.316 e. The molecule has 2 N–H and O–H groups in total. The van der Waals surface area contributed by atoms with E-state index in [0.29, 0.717) is 30.3 Å². The van der Waals surface area contributed by atoms with Gasteiger partial charge in [0.25, 0.3) is 0 Å². The lowest BCUT2D eigenvalue weighted by atomic mass is 9.44. The first kappa shape index (κ1) is 26.2. The Morgan fingerprint density at radius 3 is 2.74 bits per heavy atom. The van der Waals surface area contributed by atoms with Gasteiger partial charge in [-0.2, -0.15) is 0 Å². The third-order valence-corrected chi connectivity index (χ3v) is 11.7. The fourth-order valence-electron chi connectivity index (χ4n) is 8.07. The number of rotatable bonds is 6. The second-order valence-corrected chi connectivity index (χ2v) is 13.3. The summed E-state index contributed by atoms with van der Waals surface area (Å²) in [4.78, 5) is 26.6. The molecule has 1 saturated heterocycles. The van der Waals surface area contributed by atoms with Crippen LogP contribution in [0.3, 0.4) is 0 Å². The van der Waals surface area contributed by atoms with Gasteiger partial charge in [-0.15, -0.1) is 18.3 Å². The van der Waals surface area contributed by atoms with E-state index in [9.17, 15) is 14.7 Å². The maximum Gasteiger partial charge on any atom is 0.316 e. The molecule has 0 radical (unpaired) electrons. The van der Waals surface area contributed by atoms with E-state index in [2.05, 4.69) is 32.7 Å². The van der Waals surface area contributed by atoms with Gasteiger partial charge in [-0.25, -0.2) is 0 Å². The van der Waals surface area contributed by atoms with Gasteiger partial charge in [-0.1, -0.05) is 33.8 Å². The number of Topliss-reactive ketones (excluding diaryl/α,β-unsaturated/α-hetero) is 1. The Balaban J connectivity index is 1.59. The molecule has 34 heavy (non-hydrogen) atoms. The van der Waals surface area contributed by atoms with Gasteiger partial charge in [0.2, 0.25) is 0 Å². The molecule has 2 bridgehead atoms. The van der Waals surface area contributed by atoms with Crippen LogP contribution >= 0.6 is 11.8 Å². The Morgan fingerprint density at radius 2 is 2.06 bits per heavy atom. The number of carbonyl (C=O) groups is 2. The van der Waals surface area contributed by atoms with E-state index in [-0.39, 0.29) is 29.1 Å². The minimum atomic E-state index is -0.620. The lowest BCUT2D eigenvalue weighted by Gasteiger charge is -2.61. The van der Waals surface area contributed by atoms with Crippen molar-refractivity contribution in [2.45, 2.75) is 84.8 Å². The average molecular weight is 492 g/mol. The Hall–Kier alpha value is -0.850. The summed E-state index contributed by atoms with van der Waals surface area (Å²) in [6.07, 6.45) is 7.10. The second-order valence-electron chi connectivity index (χ2n) is 12.3. The number of nitrogens with one attached hydrogen (secondary N) is 1. The zero-order valence-corrected chi connectivity index (χ0v) is 22.4. The molecule has 5 nitrogen and oxygen atoms in total. The highest BCUT2D eigenvalue weighted by molar-refractivity contribution is 7.99. The third kappa shape index (κ3) is 4.30. The zero-order valence-electron chi connectivity index (χ0n) is 21.6. The van der Waals surface area contributed by atoms with Crippen molar-refractivity contribution in [3.8, 4) is 0 Å². The van der Waals surface area contributed by atoms with Gasteiger partial charge in [-0.3, -0.25) is 9.59 Å². The average Bonchev–Trinajstić information content (AvgIpc) is 3.18. The summed E-state index contributed by atoms with van der Waals surface area (Å²) in [5.74, 6) is 2.12. The fraction of sp³-hybridized carbons (Fsp3) is 0.857. The molecule has 1 heterocycles. The van der Waals surface area contributed by atoms with E-state index < -0.39 is 23.0 Å². The first-order valence-corrected chi connectivity index (χ1v) is 14.6. The molecule has 0 spiro atoms. The number of carbonyl (C=O) groups excluding carboxylic acids is 2. The molecule has 3 saturated carbocycles. The van der Waals surface area contributed by atoms with Crippen LogP contribution in [-0.2, 0) is 14.3 Å². The topological polar surface area (TPSA) is 75.6 Å². The van der Waals surface area contributed by atoms with Crippen molar-refractivity contribution in [2.24, 2.45) is 39.9 Å². The summed E-state index contributed by atoms with van der Waals surface area (Å²) < 4.78 is 6.32. The van der Waals surface area contributed by atoms with Crippen molar-refractivity contribution in [1.82, 2.24) is 5.32 Å². The maximum atomic E-state index is 13.4. The molecule has 1 aliphatic heterocycles. The molecular formula is C28H45NO4S. The molecule has 4 aliphatic rings. The van der Waals surface area contributed by atoms with Crippen LogP contribution in [0.4, 0.5) is 0 Å². The van der Waals surface area contributed by atoms with Gasteiger partial charge in [0.15, 0.2) is 0 Å². The van der Waals surface area contributed by atoms with E-state index in [1.54, 1.807) is 11.8 Å². The molecule has 5 unspecified atom stereocenters. The minimum Gasteiger partial charge on any atom is -0.461 e. The van der Waals surface area contributed by atoms with E-state index in [0.717, 1.165) is 38.1 Å². The fourth-order valence-corrected chi connectivity index (χ4v) is 9.04.